The minimum Gasteiger partial charge on any atom is -0.507 e. The van der Waals surface area contributed by atoms with E-state index in [2.05, 4.69) is 31.2 Å². The zero-order valence-corrected chi connectivity index (χ0v) is 23.6. The molecule has 2 rings (SSSR count). The second-order valence-corrected chi connectivity index (χ2v) is 11.5. The number of rotatable bonds is 17. The van der Waals surface area contributed by atoms with E-state index >= 15 is 0 Å². The molecule has 0 fully saturated rings. The van der Waals surface area contributed by atoms with Gasteiger partial charge in [0, 0.05) is 27.9 Å². The molecule has 0 amide bonds. The van der Waals surface area contributed by atoms with E-state index in [0.717, 1.165) is 37.2 Å². The summed E-state index contributed by atoms with van der Waals surface area (Å²) in [6.45, 7) is 8.22. The molecule has 198 valence electrons. The molecule has 0 aliphatic rings. The van der Waals surface area contributed by atoms with Crippen LogP contribution in [0.4, 0.5) is 0 Å². The first-order valence-electron chi connectivity index (χ1n) is 12.8. The second-order valence-electron chi connectivity index (χ2n) is 9.08. The Morgan fingerprint density at radius 2 is 1.72 bits per heavy atom. The summed E-state index contributed by atoms with van der Waals surface area (Å²) in [5.74, 6) is 1.80. The highest BCUT2D eigenvalue weighted by molar-refractivity contribution is 7.99. The third-order valence-electron chi connectivity index (χ3n) is 5.95. The number of carboxylic acid groups (broad SMARTS) is 1. The molecule has 36 heavy (non-hydrogen) atoms. The van der Waals surface area contributed by atoms with Crippen LogP contribution in [-0.2, 0) is 11.2 Å². The number of phenolic OH excluding ortho intramolecular Hbond substituents is 1. The van der Waals surface area contributed by atoms with Gasteiger partial charge < -0.3 is 14.9 Å². The van der Waals surface area contributed by atoms with Crippen molar-refractivity contribution in [3.05, 3.63) is 53.1 Å². The van der Waals surface area contributed by atoms with Gasteiger partial charge in [-0.05, 0) is 67.7 Å². The van der Waals surface area contributed by atoms with E-state index in [1.807, 2.05) is 25.6 Å². The van der Waals surface area contributed by atoms with Crippen molar-refractivity contribution in [2.75, 3.05) is 18.1 Å². The van der Waals surface area contributed by atoms with Crippen molar-refractivity contribution in [1.29, 1.82) is 0 Å². The molecule has 0 heterocycles. The predicted molar refractivity (Wildman–Crippen MR) is 151 cm³/mol. The largest absolute Gasteiger partial charge is 0.507 e. The number of ketones is 1. The van der Waals surface area contributed by atoms with Gasteiger partial charge in [0.05, 0.1) is 12.2 Å². The smallest absolute Gasteiger partial charge is 0.303 e. The number of carboxylic acids is 1. The average molecular weight is 533 g/mol. The highest BCUT2D eigenvalue weighted by Crippen LogP contribution is 2.39. The molecule has 0 radical (unpaired) electrons. The Morgan fingerprint density at radius 3 is 2.33 bits per heavy atom. The third kappa shape index (κ3) is 9.40. The van der Waals surface area contributed by atoms with Crippen LogP contribution in [0, 0.1) is 5.92 Å². The maximum absolute atomic E-state index is 11.7. The van der Waals surface area contributed by atoms with Crippen molar-refractivity contribution in [2.45, 2.75) is 76.4 Å². The zero-order valence-electron chi connectivity index (χ0n) is 21.9. The van der Waals surface area contributed by atoms with Crippen LogP contribution < -0.4 is 4.74 Å². The number of aromatic hydroxyl groups is 1. The predicted octanol–water partition coefficient (Wildman–Crippen LogP) is 7.79. The Morgan fingerprint density at radius 1 is 1.00 bits per heavy atom. The van der Waals surface area contributed by atoms with Gasteiger partial charge in [-0.1, -0.05) is 45.7 Å². The Balaban J connectivity index is 1.90. The second kappa shape index (κ2) is 15.9. The molecule has 2 atom stereocenters. The van der Waals surface area contributed by atoms with Crippen LogP contribution >= 0.6 is 23.5 Å². The lowest BCUT2D eigenvalue weighted by Gasteiger charge is -2.23. The molecule has 5 nitrogen and oxygen atoms in total. The Bertz CT molecular complexity index is 974. The maximum atomic E-state index is 11.7. The van der Waals surface area contributed by atoms with E-state index < -0.39 is 5.97 Å². The van der Waals surface area contributed by atoms with Gasteiger partial charge in [0.2, 0.25) is 0 Å². The summed E-state index contributed by atoms with van der Waals surface area (Å²) in [4.78, 5) is 24.2. The Labute approximate surface area is 224 Å². The first kappa shape index (κ1) is 30.1. The lowest BCUT2D eigenvalue weighted by molar-refractivity contribution is -0.137. The van der Waals surface area contributed by atoms with E-state index in [4.69, 9.17) is 4.74 Å². The summed E-state index contributed by atoms with van der Waals surface area (Å²) in [7, 11) is 0. The van der Waals surface area contributed by atoms with Crippen molar-refractivity contribution in [1.82, 2.24) is 0 Å². The SMILES string of the molecule is CCCCSC(c1ccc(SCCCOc2ccc(C(C)=O)c(O)c2CCC)cc1)C(C)CC(=O)O. The number of hydrogen-bond acceptors (Lipinski definition) is 6. The summed E-state index contributed by atoms with van der Waals surface area (Å²) >= 11 is 3.63. The zero-order chi connectivity index (χ0) is 26.5. The molecular formula is C29H40O5S2. The quantitative estimate of drug-likeness (QED) is 0.122. The molecule has 0 bridgehead atoms. The minimum atomic E-state index is -0.746. The van der Waals surface area contributed by atoms with Crippen LogP contribution in [-0.4, -0.2) is 40.1 Å². The molecule has 0 saturated heterocycles. The van der Waals surface area contributed by atoms with Gasteiger partial charge in [-0.3, -0.25) is 9.59 Å². The van der Waals surface area contributed by atoms with E-state index in [1.165, 1.54) is 17.4 Å². The topological polar surface area (TPSA) is 83.8 Å². The first-order valence-corrected chi connectivity index (χ1v) is 14.9. The van der Waals surface area contributed by atoms with Gasteiger partial charge in [0.15, 0.2) is 5.78 Å². The summed E-state index contributed by atoms with van der Waals surface area (Å²) in [5.41, 5.74) is 2.24. The van der Waals surface area contributed by atoms with E-state index in [0.29, 0.717) is 29.9 Å². The molecule has 2 aromatic rings. The lowest BCUT2D eigenvalue weighted by Crippen LogP contribution is -2.12. The monoisotopic (exact) mass is 532 g/mol. The minimum absolute atomic E-state index is 0.0418. The van der Waals surface area contributed by atoms with E-state index in [-0.39, 0.29) is 29.1 Å². The van der Waals surface area contributed by atoms with Gasteiger partial charge >= 0.3 is 5.97 Å². The summed E-state index contributed by atoms with van der Waals surface area (Å²) in [6, 6.07) is 11.9. The van der Waals surface area contributed by atoms with Crippen molar-refractivity contribution in [2.24, 2.45) is 5.92 Å². The van der Waals surface area contributed by atoms with E-state index in [1.54, 1.807) is 23.9 Å². The Kier molecular flexibility index (Phi) is 13.3. The maximum Gasteiger partial charge on any atom is 0.303 e. The highest BCUT2D eigenvalue weighted by atomic mass is 32.2. The third-order valence-corrected chi connectivity index (χ3v) is 8.67. The number of unbranched alkanes of at least 4 members (excludes halogenated alkanes) is 1. The number of benzene rings is 2. The fraction of sp³-hybridized carbons (Fsp3) is 0.517. The van der Waals surface area contributed by atoms with Gasteiger partial charge in [-0.25, -0.2) is 0 Å². The number of phenols is 1. The summed E-state index contributed by atoms with van der Waals surface area (Å²) in [6.07, 6.45) is 4.80. The van der Waals surface area contributed by atoms with Crippen molar-refractivity contribution in [3.8, 4) is 11.5 Å². The molecule has 7 heteroatoms. The molecule has 2 aromatic carbocycles. The van der Waals surface area contributed by atoms with Gasteiger partial charge in [-0.2, -0.15) is 11.8 Å². The summed E-state index contributed by atoms with van der Waals surface area (Å²) < 4.78 is 5.96. The fourth-order valence-corrected chi connectivity index (χ4v) is 6.35. The highest BCUT2D eigenvalue weighted by Gasteiger charge is 2.22. The number of aliphatic carboxylic acids is 1. The normalized spacial score (nSPS) is 12.8. The Hall–Kier alpha value is -2.12. The van der Waals surface area contributed by atoms with Crippen LogP contribution in [0.2, 0.25) is 0 Å². The van der Waals surface area contributed by atoms with Gasteiger partial charge in [-0.15, -0.1) is 11.8 Å². The number of thioether (sulfide) groups is 2. The first-order chi connectivity index (χ1) is 17.3. The number of carbonyl (C=O) groups excluding carboxylic acids is 1. The van der Waals surface area contributed by atoms with Gasteiger partial charge in [0.1, 0.15) is 11.5 Å². The number of carbonyl (C=O) groups is 2. The molecular weight excluding hydrogens is 492 g/mol. The van der Waals surface area contributed by atoms with Crippen LogP contribution in [0.5, 0.6) is 11.5 Å². The molecule has 0 saturated carbocycles. The standard InChI is InChI=1S/C29H40O5S2/c1-5-7-17-36-29(20(3)19-27(31)32)22-10-12-23(13-11-22)35-18-8-16-34-26-15-14-24(21(4)30)28(33)25(26)9-6-2/h10-15,20,29,33H,5-9,16-19H2,1-4H3,(H,31,32). The molecule has 2 N–H and O–H groups in total. The van der Waals surface area contributed by atoms with Crippen molar-refractivity contribution >= 4 is 35.3 Å². The van der Waals surface area contributed by atoms with Crippen molar-refractivity contribution in [3.63, 3.8) is 0 Å². The van der Waals surface area contributed by atoms with Crippen LogP contribution in [0.1, 0.15) is 86.5 Å². The van der Waals surface area contributed by atoms with Gasteiger partial charge in [0.25, 0.3) is 0 Å². The van der Waals surface area contributed by atoms with Crippen LogP contribution in [0.15, 0.2) is 41.3 Å². The van der Waals surface area contributed by atoms with E-state index in [9.17, 15) is 19.8 Å². The number of ether oxygens (including phenoxy) is 1. The molecule has 0 spiro atoms. The summed E-state index contributed by atoms with van der Waals surface area (Å²) in [5, 5.41) is 19.9. The molecule has 2 unspecified atom stereocenters. The average Bonchev–Trinajstić information content (AvgIpc) is 2.83. The van der Waals surface area contributed by atoms with Crippen LogP contribution in [0.25, 0.3) is 0 Å². The van der Waals surface area contributed by atoms with Crippen molar-refractivity contribution < 1.29 is 24.5 Å². The molecule has 0 aromatic heterocycles. The lowest BCUT2D eigenvalue weighted by atomic mass is 9.97. The molecule has 0 aliphatic carbocycles. The number of Topliss-reactive ketones (excluding diaryl/α,β-unsaturated/α-hetero) is 1. The molecule has 0 aliphatic heterocycles. The van der Waals surface area contributed by atoms with Crippen LogP contribution in [0.3, 0.4) is 0 Å². The number of hydrogen-bond donors (Lipinski definition) is 2. The fourth-order valence-electron chi connectivity index (χ4n) is 4.04.